The fraction of sp³-hybridized carbons (Fsp3) is 0.333. The van der Waals surface area contributed by atoms with Crippen molar-refractivity contribution >= 4 is 11.8 Å². The third-order valence-corrected chi connectivity index (χ3v) is 2.57. The zero-order chi connectivity index (χ0) is 13.9. The molecule has 1 aromatic carbocycles. The molecule has 1 rings (SSSR count). The van der Waals surface area contributed by atoms with Crippen LogP contribution in [0.2, 0.25) is 0 Å². The predicted octanol–water partition coefficient (Wildman–Crippen LogP) is 1.46. The van der Waals surface area contributed by atoms with Crippen LogP contribution < -0.4 is 4.74 Å². The highest BCUT2D eigenvalue weighted by molar-refractivity contribution is 6.01. The summed E-state index contributed by atoms with van der Waals surface area (Å²) in [7, 11) is 1.37. The minimum absolute atomic E-state index is 0.142. The van der Waals surface area contributed by atoms with E-state index in [-0.39, 0.29) is 24.2 Å². The average molecular weight is 254 g/mol. The van der Waals surface area contributed by atoms with Crippen LogP contribution >= 0.6 is 0 Å². The van der Waals surface area contributed by atoms with Crippen LogP contribution in [0.15, 0.2) is 6.07 Å². The van der Waals surface area contributed by atoms with Crippen LogP contribution in [0.5, 0.6) is 17.2 Å². The maximum Gasteiger partial charge on any atom is 0.303 e. The zero-order valence-corrected chi connectivity index (χ0v) is 10.1. The van der Waals surface area contributed by atoms with Gasteiger partial charge in [0.15, 0.2) is 17.3 Å². The van der Waals surface area contributed by atoms with Crippen molar-refractivity contribution in [3.63, 3.8) is 0 Å². The molecule has 0 spiro atoms. The second-order valence-electron chi connectivity index (χ2n) is 3.77. The van der Waals surface area contributed by atoms with E-state index in [9.17, 15) is 19.8 Å². The van der Waals surface area contributed by atoms with Gasteiger partial charge in [-0.05, 0) is 13.0 Å². The molecule has 98 valence electrons. The number of hydrogen-bond donors (Lipinski definition) is 3. The molecule has 0 fully saturated rings. The molecule has 6 nitrogen and oxygen atoms in total. The van der Waals surface area contributed by atoms with E-state index in [0.717, 1.165) is 0 Å². The topological polar surface area (TPSA) is 104 Å². The average Bonchev–Trinajstić information content (AvgIpc) is 2.33. The van der Waals surface area contributed by atoms with Gasteiger partial charge < -0.3 is 20.1 Å². The lowest BCUT2D eigenvalue weighted by atomic mass is 10.0. The van der Waals surface area contributed by atoms with Crippen molar-refractivity contribution in [1.29, 1.82) is 0 Å². The highest BCUT2D eigenvalue weighted by atomic mass is 16.5. The number of ketones is 1. The van der Waals surface area contributed by atoms with Crippen molar-refractivity contribution < 1.29 is 29.6 Å². The van der Waals surface area contributed by atoms with Crippen molar-refractivity contribution in [1.82, 2.24) is 0 Å². The van der Waals surface area contributed by atoms with Gasteiger partial charge >= 0.3 is 5.97 Å². The van der Waals surface area contributed by atoms with Crippen LogP contribution in [-0.4, -0.2) is 34.2 Å². The van der Waals surface area contributed by atoms with E-state index in [1.165, 1.54) is 20.1 Å². The van der Waals surface area contributed by atoms with Crippen molar-refractivity contribution in [2.45, 2.75) is 19.8 Å². The predicted molar refractivity (Wildman–Crippen MR) is 62.3 cm³/mol. The summed E-state index contributed by atoms with van der Waals surface area (Å²) in [6.45, 7) is 1.53. The van der Waals surface area contributed by atoms with E-state index in [1.54, 1.807) is 0 Å². The second kappa shape index (κ2) is 5.39. The van der Waals surface area contributed by atoms with Gasteiger partial charge in [-0.1, -0.05) is 0 Å². The molecule has 3 N–H and O–H groups in total. The van der Waals surface area contributed by atoms with Gasteiger partial charge in [0.25, 0.3) is 0 Å². The summed E-state index contributed by atoms with van der Waals surface area (Å²) in [6, 6.07) is 1.29. The van der Waals surface area contributed by atoms with Crippen LogP contribution in [0.3, 0.4) is 0 Å². The second-order valence-corrected chi connectivity index (χ2v) is 3.77. The molecule has 0 aliphatic carbocycles. The SMILES string of the molecule is COc1cc(C(=O)CCC(=O)O)c(O)c(O)c1C. The Balaban J connectivity index is 3.12. The van der Waals surface area contributed by atoms with Crippen molar-refractivity contribution in [3.8, 4) is 17.2 Å². The summed E-state index contributed by atoms with van der Waals surface area (Å²) in [5, 5.41) is 27.8. The smallest absolute Gasteiger partial charge is 0.303 e. The molecular formula is C12H14O6. The van der Waals surface area contributed by atoms with E-state index in [2.05, 4.69) is 0 Å². The summed E-state index contributed by atoms with van der Waals surface area (Å²) in [6.07, 6.45) is -0.593. The third-order valence-electron chi connectivity index (χ3n) is 2.57. The lowest BCUT2D eigenvalue weighted by molar-refractivity contribution is -0.136. The van der Waals surface area contributed by atoms with Gasteiger partial charge in [-0.25, -0.2) is 0 Å². The quantitative estimate of drug-likeness (QED) is 0.543. The number of carbonyl (C=O) groups excluding carboxylic acids is 1. The Morgan fingerprint density at radius 3 is 2.33 bits per heavy atom. The number of rotatable bonds is 5. The number of Topliss-reactive ketones (excluding diaryl/α,β-unsaturated/α-hetero) is 1. The summed E-state index contributed by atoms with van der Waals surface area (Å²) in [4.78, 5) is 22.1. The highest BCUT2D eigenvalue weighted by Crippen LogP contribution is 2.38. The summed E-state index contributed by atoms with van der Waals surface area (Å²) in [5.41, 5.74) is 0.168. The molecule has 0 amide bonds. The Labute approximate surface area is 103 Å². The maximum absolute atomic E-state index is 11.7. The molecule has 0 saturated carbocycles. The Morgan fingerprint density at radius 2 is 1.83 bits per heavy atom. The van der Waals surface area contributed by atoms with Gasteiger partial charge in [-0.3, -0.25) is 9.59 Å². The molecule has 18 heavy (non-hydrogen) atoms. The Bertz CT molecular complexity index is 492. The van der Waals surface area contributed by atoms with E-state index in [0.29, 0.717) is 5.56 Å². The van der Waals surface area contributed by atoms with Gasteiger partial charge in [0.05, 0.1) is 19.1 Å². The first-order chi connectivity index (χ1) is 8.38. The number of phenols is 2. The molecule has 0 saturated heterocycles. The highest BCUT2D eigenvalue weighted by Gasteiger charge is 2.20. The molecule has 1 aromatic rings. The number of hydrogen-bond acceptors (Lipinski definition) is 5. The molecule has 0 unspecified atom stereocenters. The number of carboxylic acids is 1. The van der Waals surface area contributed by atoms with Crippen LogP contribution in [0.25, 0.3) is 0 Å². The summed E-state index contributed by atoms with van der Waals surface area (Å²) in [5.74, 6) is -2.41. The molecular weight excluding hydrogens is 240 g/mol. The first-order valence-corrected chi connectivity index (χ1v) is 5.23. The third kappa shape index (κ3) is 2.71. The Kier molecular flexibility index (Phi) is 4.14. The van der Waals surface area contributed by atoms with Crippen molar-refractivity contribution in [2.75, 3.05) is 7.11 Å². The van der Waals surface area contributed by atoms with E-state index < -0.39 is 23.3 Å². The number of aliphatic carboxylic acids is 1. The van der Waals surface area contributed by atoms with Gasteiger partial charge in [-0.15, -0.1) is 0 Å². The molecule has 0 aliphatic heterocycles. The van der Waals surface area contributed by atoms with Crippen molar-refractivity contribution in [2.24, 2.45) is 0 Å². The molecule has 0 atom stereocenters. The van der Waals surface area contributed by atoms with Gasteiger partial charge in [0, 0.05) is 12.0 Å². The van der Waals surface area contributed by atoms with E-state index in [4.69, 9.17) is 9.84 Å². The summed E-state index contributed by atoms with van der Waals surface area (Å²) < 4.78 is 4.96. The monoisotopic (exact) mass is 254 g/mol. The number of phenolic OH excluding ortho intramolecular Hbond substituents is 2. The molecule has 0 aromatic heterocycles. The molecule has 0 bridgehead atoms. The Hall–Kier alpha value is -2.24. The minimum atomic E-state index is -1.11. The normalized spacial score (nSPS) is 10.1. The number of carboxylic acid groups (broad SMARTS) is 1. The van der Waals surface area contributed by atoms with Crippen molar-refractivity contribution in [3.05, 3.63) is 17.2 Å². The number of carbonyl (C=O) groups is 2. The van der Waals surface area contributed by atoms with Gasteiger partial charge in [-0.2, -0.15) is 0 Å². The van der Waals surface area contributed by atoms with E-state index >= 15 is 0 Å². The lowest BCUT2D eigenvalue weighted by Gasteiger charge is -2.11. The molecule has 0 aliphatic rings. The van der Waals surface area contributed by atoms with E-state index in [1.807, 2.05) is 0 Å². The fourth-order valence-corrected chi connectivity index (χ4v) is 1.51. The van der Waals surface area contributed by atoms with Crippen LogP contribution in [0, 0.1) is 6.92 Å². The molecule has 6 heteroatoms. The standard InChI is InChI=1S/C12H14O6/c1-6-9(18-2)5-7(12(17)11(6)16)8(13)3-4-10(14)15/h5,16-17H,3-4H2,1-2H3,(H,14,15). The zero-order valence-electron chi connectivity index (χ0n) is 10.1. The van der Waals surface area contributed by atoms with Gasteiger partial charge in [0.2, 0.25) is 0 Å². The van der Waals surface area contributed by atoms with Crippen LogP contribution in [0.1, 0.15) is 28.8 Å². The molecule has 0 heterocycles. The van der Waals surface area contributed by atoms with Crippen LogP contribution in [0.4, 0.5) is 0 Å². The number of benzene rings is 1. The Morgan fingerprint density at radius 1 is 1.22 bits per heavy atom. The molecule has 0 radical (unpaired) electrons. The first-order valence-electron chi connectivity index (χ1n) is 5.23. The number of ether oxygens (including phenoxy) is 1. The van der Waals surface area contributed by atoms with Gasteiger partial charge in [0.1, 0.15) is 5.75 Å². The van der Waals surface area contributed by atoms with Crippen LogP contribution in [-0.2, 0) is 4.79 Å². The number of methoxy groups -OCH3 is 1. The maximum atomic E-state index is 11.7. The fourth-order valence-electron chi connectivity index (χ4n) is 1.51. The minimum Gasteiger partial charge on any atom is -0.504 e. The first kappa shape index (κ1) is 13.8. The number of aromatic hydroxyl groups is 2. The lowest BCUT2D eigenvalue weighted by Crippen LogP contribution is -2.05. The summed E-state index contributed by atoms with van der Waals surface area (Å²) >= 11 is 0. The largest absolute Gasteiger partial charge is 0.504 e.